The average molecular weight is 341 g/mol. The molecule has 3 rings (SSSR count). The zero-order valence-electron chi connectivity index (χ0n) is 14.8. The van der Waals surface area contributed by atoms with Gasteiger partial charge in [0.2, 0.25) is 5.91 Å². The molecular formula is C20H23NO4. The fourth-order valence-electron chi connectivity index (χ4n) is 3.09. The molecular weight excluding hydrogens is 318 g/mol. The van der Waals surface area contributed by atoms with Crippen LogP contribution in [0.4, 0.5) is 0 Å². The number of fused-ring (bicyclic) bond motifs is 1. The fourth-order valence-corrected chi connectivity index (χ4v) is 3.09. The first-order valence-electron chi connectivity index (χ1n) is 8.34. The fraction of sp³-hybridized carbons (Fsp3) is 0.350. The molecule has 0 fully saturated rings. The third-order valence-corrected chi connectivity index (χ3v) is 4.35. The highest BCUT2D eigenvalue weighted by atomic mass is 16.5. The van der Waals surface area contributed by atoms with Crippen LogP contribution in [0, 0.1) is 6.92 Å². The monoisotopic (exact) mass is 341 g/mol. The number of ether oxygens (including phenoxy) is 3. The van der Waals surface area contributed by atoms with Gasteiger partial charge in [0.05, 0.1) is 33.3 Å². The molecule has 132 valence electrons. The minimum Gasteiger partial charge on any atom is -0.493 e. The molecule has 5 heteroatoms. The summed E-state index contributed by atoms with van der Waals surface area (Å²) in [6.45, 7) is 2.65. The number of aryl methyl sites for hydroxylation is 1. The van der Waals surface area contributed by atoms with E-state index in [0.717, 1.165) is 28.9 Å². The van der Waals surface area contributed by atoms with Gasteiger partial charge in [-0.25, -0.2) is 0 Å². The lowest BCUT2D eigenvalue weighted by Crippen LogP contribution is -2.33. The molecule has 0 aromatic heterocycles. The van der Waals surface area contributed by atoms with E-state index < -0.39 is 0 Å². The first kappa shape index (κ1) is 17.1. The summed E-state index contributed by atoms with van der Waals surface area (Å²) in [5, 5.41) is 3.13. The number of amides is 1. The van der Waals surface area contributed by atoms with Crippen molar-refractivity contribution in [3.8, 4) is 17.2 Å². The van der Waals surface area contributed by atoms with E-state index in [2.05, 4.69) is 11.4 Å². The van der Waals surface area contributed by atoms with Gasteiger partial charge in [-0.3, -0.25) is 4.79 Å². The van der Waals surface area contributed by atoms with Gasteiger partial charge in [0.1, 0.15) is 5.75 Å². The molecule has 0 radical (unpaired) electrons. The Bertz CT molecular complexity index is 772. The van der Waals surface area contributed by atoms with Crippen LogP contribution in [0.1, 0.15) is 29.2 Å². The van der Waals surface area contributed by atoms with E-state index in [9.17, 15) is 4.79 Å². The van der Waals surface area contributed by atoms with E-state index >= 15 is 0 Å². The second-order valence-electron chi connectivity index (χ2n) is 6.16. The van der Waals surface area contributed by atoms with Crippen molar-refractivity contribution in [2.45, 2.75) is 25.8 Å². The first-order valence-corrected chi connectivity index (χ1v) is 8.34. The number of hydrogen-bond acceptors (Lipinski definition) is 4. The summed E-state index contributed by atoms with van der Waals surface area (Å²) < 4.78 is 16.2. The van der Waals surface area contributed by atoms with E-state index in [1.54, 1.807) is 14.2 Å². The number of rotatable bonds is 5. The normalized spacial score (nSPS) is 15.7. The highest BCUT2D eigenvalue weighted by molar-refractivity contribution is 5.79. The first-order chi connectivity index (χ1) is 12.1. The summed E-state index contributed by atoms with van der Waals surface area (Å²) in [5.74, 6) is 2.11. The van der Waals surface area contributed by atoms with Crippen molar-refractivity contribution in [1.82, 2.24) is 5.32 Å². The Morgan fingerprint density at radius 2 is 1.96 bits per heavy atom. The maximum atomic E-state index is 12.5. The number of methoxy groups -OCH3 is 2. The zero-order valence-corrected chi connectivity index (χ0v) is 14.8. The zero-order chi connectivity index (χ0) is 17.8. The predicted molar refractivity (Wildman–Crippen MR) is 95.4 cm³/mol. The Labute approximate surface area is 147 Å². The SMILES string of the molecule is COc1ccc(CC(=O)NC2CCOc3ccc(C)cc32)cc1OC. The quantitative estimate of drug-likeness (QED) is 0.907. The molecule has 1 amide bonds. The summed E-state index contributed by atoms with van der Waals surface area (Å²) >= 11 is 0. The molecule has 1 unspecified atom stereocenters. The van der Waals surface area contributed by atoms with Gasteiger partial charge < -0.3 is 19.5 Å². The van der Waals surface area contributed by atoms with Crippen molar-refractivity contribution in [3.63, 3.8) is 0 Å². The van der Waals surface area contributed by atoms with Crippen LogP contribution in [0.15, 0.2) is 36.4 Å². The molecule has 0 saturated heterocycles. The molecule has 0 aliphatic carbocycles. The number of carbonyl (C=O) groups is 1. The lowest BCUT2D eigenvalue weighted by Gasteiger charge is -2.27. The second-order valence-corrected chi connectivity index (χ2v) is 6.16. The average Bonchev–Trinajstić information content (AvgIpc) is 2.62. The van der Waals surface area contributed by atoms with Crippen LogP contribution in [0.2, 0.25) is 0 Å². The molecule has 5 nitrogen and oxygen atoms in total. The maximum absolute atomic E-state index is 12.5. The van der Waals surface area contributed by atoms with Gasteiger partial charge in [0.15, 0.2) is 11.5 Å². The Balaban J connectivity index is 1.71. The van der Waals surface area contributed by atoms with Crippen LogP contribution < -0.4 is 19.5 Å². The highest BCUT2D eigenvalue weighted by Crippen LogP contribution is 2.33. The Morgan fingerprint density at radius 3 is 2.72 bits per heavy atom. The van der Waals surface area contributed by atoms with E-state index in [1.165, 1.54) is 0 Å². The van der Waals surface area contributed by atoms with Crippen molar-refractivity contribution in [2.75, 3.05) is 20.8 Å². The van der Waals surface area contributed by atoms with Crippen molar-refractivity contribution in [3.05, 3.63) is 53.1 Å². The van der Waals surface area contributed by atoms with Crippen LogP contribution >= 0.6 is 0 Å². The van der Waals surface area contributed by atoms with Crippen LogP contribution in [0.25, 0.3) is 0 Å². The molecule has 1 atom stereocenters. The van der Waals surface area contributed by atoms with Crippen molar-refractivity contribution in [1.29, 1.82) is 0 Å². The van der Waals surface area contributed by atoms with Gasteiger partial charge in [-0.2, -0.15) is 0 Å². The van der Waals surface area contributed by atoms with Crippen molar-refractivity contribution < 1.29 is 19.0 Å². The van der Waals surface area contributed by atoms with Gasteiger partial charge in [-0.05, 0) is 30.7 Å². The molecule has 25 heavy (non-hydrogen) atoms. The highest BCUT2D eigenvalue weighted by Gasteiger charge is 2.23. The van der Waals surface area contributed by atoms with E-state index in [4.69, 9.17) is 14.2 Å². The predicted octanol–water partition coefficient (Wildman–Crippen LogP) is 3.19. The Hall–Kier alpha value is -2.69. The van der Waals surface area contributed by atoms with Gasteiger partial charge in [-0.15, -0.1) is 0 Å². The molecule has 2 aromatic carbocycles. The third kappa shape index (κ3) is 3.87. The largest absolute Gasteiger partial charge is 0.493 e. The second kappa shape index (κ2) is 7.47. The Kier molecular flexibility index (Phi) is 5.12. The minimum atomic E-state index is -0.0217. The molecule has 1 aliphatic heterocycles. The van der Waals surface area contributed by atoms with Gasteiger partial charge in [-0.1, -0.05) is 23.8 Å². The molecule has 0 saturated carbocycles. The maximum Gasteiger partial charge on any atom is 0.224 e. The van der Waals surface area contributed by atoms with Crippen LogP contribution in [0.5, 0.6) is 17.2 Å². The number of benzene rings is 2. The van der Waals surface area contributed by atoms with Crippen molar-refractivity contribution >= 4 is 5.91 Å². The molecule has 1 heterocycles. The number of nitrogens with one attached hydrogen (secondary N) is 1. The van der Waals surface area contributed by atoms with Gasteiger partial charge in [0.25, 0.3) is 0 Å². The van der Waals surface area contributed by atoms with Crippen LogP contribution in [-0.4, -0.2) is 26.7 Å². The summed E-state index contributed by atoms with van der Waals surface area (Å²) in [4.78, 5) is 12.5. The number of hydrogen-bond donors (Lipinski definition) is 1. The topological polar surface area (TPSA) is 56.8 Å². The van der Waals surface area contributed by atoms with Crippen molar-refractivity contribution in [2.24, 2.45) is 0 Å². The van der Waals surface area contributed by atoms with E-state index in [1.807, 2.05) is 37.3 Å². The molecule has 0 spiro atoms. The molecule has 1 N–H and O–H groups in total. The lowest BCUT2D eigenvalue weighted by molar-refractivity contribution is -0.121. The molecule has 2 aromatic rings. The van der Waals surface area contributed by atoms with Gasteiger partial charge >= 0.3 is 0 Å². The summed E-state index contributed by atoms with van der Waals surface area (Å²) in [5.41, 5.74) is 3.09. The number of carbonyl (C=O) groups excluding carboxylic acids is 1. The Morgan fingerprint density at radius 1 is 1.16 bits per heavy atom. The summed E-state index contributed by atoms with van der Waals surface area (Å²) in [6.07, 6.45) is 1.06. The summed E-state index contributed by atoms with van der Waals surface area (Å²) in [6, 6.07) is 11.6. The standard InChI is InChI=1S/C20H23NO4/c1-13-4-6-17-15(10-13)16(8-9-25-17)21-20(22)12-14-5-7-18(23-2)19(11-14)24-3/h4-7,10-11,16H,8-9,12H2,1-3H3,(H,21,22). The van der Waals surface area contributed by atoms with E-state index in [0.29, 0.717) is 24.5 Å². The molecule has 1 aliphatic rings. The van der Waals surface area contributed by atoms with Crippen LogP contribution in [0.3, 0.4) is 0 Å². The summed E-state index contributed by atoms with van der Waals surface area (Å²) in [7, 11) is 3.18. The van der Waals surface area contributed by atoms with Crippen LogP contribution in [-0.2, 0) is 11.2 Å². The smallest absolute Gasteiger partial charge is 0.224 e. The minimum absolute atomic E-state index is 0.0173. The van der Waals surface area contributed by atoms with E-state index in [-0.39, 0.29) is 11.9 Å². The molecule has 0 bridgehead atoms. The third-order valence-electron chi connectivity index (χ3n) is 4.35. The lowest BCUT2D eigenvalue weighted by atomic mass is 9.98. The van der Waals surface area contributed by atoms with Gasteiger partial charge in [0, 0.05) is 12.0 Å².